The van der Waals surface area contributed by atoms with E-state index in [0.29, 0.717) is 12.6 Å². The third-order valence-corrected chi connectivity index (χ3v) is 5.26. The van der Waals surface area contributed by atoms with Crippen LogP contribution in [0, 0.1) is 5.41 Å². The minimum absolute atomic E-state index is 0.110. The lowest BCUT2D eigenvalue weighted by atomic mass is 9.96. The first-order chi connectivity index (χ1) is 11.1. The zero-order valence-corrected chi connectivity index (χ0v) is 17.8. The van der Waals surface area contributed by atoms with Crippen LogP contribution in [-0.4, -0.2) is 56.3 Å². The van der Waals surface area contributed by atoms with Crippen LogP contribution in [0.4, 0.5) is 0 Å². The normalized spacial score (nSPS) is 15.8. The third-order valence-electron chi connectivity index (χ3n) is 3.49. The number of ether oxygens (including phenoxy) is 1. The number of carboxylic acid groups (broad SMARTS) is 1. The molecule has 0 saturated carbocycles. The molecule has 0 spiro atoms. The molecule has 0 aromatic heterocycles. The Morgan fingerprint density at radius 1 is 1.12 bits per heavy atom. The highest BCUT2D eigenvalue weighted by Gasteiger charge is 2.41. The molecule has 0 aliphatic carbocycles. The van der Waals surface area contributed by atoms with Gasteiger partial charge in [0, 0.05) is 14.6 Å². The van der Waals surface area contributed by atoms with E-state index in [1.807, 2.05) is 20.8 Å². The van der Waals surface area contributed by atoms with Gasteiger partial charge in [-0.3, -0.25) is 9.59 Å². The maximum atomic E-state index is 12.7. The summed E-state index contributed by atoms with van der Waals surface area (Å²) < 4.78 is 4.87. The smallest absolute Gasteiger partial charge is 0.330 e. The van der Waals surface area contributed by atoms with Crippen molar-refractivity contribution in [2.24, 2.45) is 5.41 Å². The lowest BCUT2D eigenvalue weighted by molar-refractivity contribution is -0.150. The predicted molar refractivity (Wildman–Crippen MR) is 100 cm³/mol. The van der Waals surface area contributed by atoms with Gasteiger partial charge in [0.05, 0.1) is 19.6 Å². The number of carboxylic acids is 1. The monoisotopic (exact) mass is 374 g/mol. The van der Waals surface area contributed by atoms with E-state index < -0.39 is 37.5 Å². The molecule has 0 bridgehead atoms. The summed E-state index contributed by atoms with van der Waals surface area (Å²) in [6, 6.07) is -0.417. The lowest BCUT2D eigenvalue weighted by Crippen LogP contribution is -2.60. The lowest BCUT2D eigenvalue weighted by Gasteiger charge is -2.34. The van der Waals surface area contributed by atoms with Gasteiger partial charge in [-0.1, -0.05) is 40.4 Å². The number of carbonyl (C=O) groups excluding carboxylic acids is 2. The van der Waals surface area contributed by atoms with Crippen molar-refractivity contribution in [1.29, 1.82) is 0 Å². The maximum Gasteiger partial charge on any atom is 0.330 e. The molecule has 0 aliphatic rings. The number of methoxy groups -OCH3 is 1. The van der Waals surface area contributed by atoms with Crippen LogP contribution in [0.2, 0.25) is 25.7 Å². The van der Waals surface area contributed by atoms with Gasteiger partial charge in [0.1, 0.15) is 5.54 Å². The Hall–Kier alpha value is -1.41. The van der Waals surface area contributed by atoms with E-state index >= 15 is 0 Å². The second-order valence-corrected chi connectivity index (χ2v) is 14.6. The molecular formula is C17H34N2O5Si. The van der Waals surface area contributed by atoms with E-state index in [1.165, 1.54) is 7.11 Å². The fourth-order valence-corrected chi connectivity index (χ4v) is 5.03. The predicted octanol–water partition coefficient (Wildman–Crippen LogP) is 1.85. The first-order valence-corrected chi connectivity index (χ1v) is 12.2. The Labute approximate surface area is 151 Å². The fourth-order valence-electron chi connectivity index (χ4n) is 2.67. The number of hydrogen-bond donors (Lipinski definition) is 3. The Morgan fingerprint density at radius 2 is 1.64 bits per heavy atom. The van der Waals surface area contributed by atoms with Gasteiger partial charge in [0.2, 0.25) is 5.91 Å². The zero-order valence-electron chi connectivity index (χ0n) is 16.8. The average Bonchev–Trinajstić information content (AvgIpc) is 2.38. The molecule has 146 valence electrons. The molecule has 2 atom stereocenters. The van der Waals surface area contributed by atoms with Crippen LogP contribution in [0.15, 0.2) is 0 Å². The zero-order chi connectivity index (χ0) is 20.1. The molecule has 0 heterocycles. The van der Waals surface area contributed by atoms with Crippen molar-refractivity contribution in [3.8, 4) is 0 Å². The Morgan fingerprint density at radius 3 is 2.00 bits per heavy atom. The largest absolute Gasteiger partial charge is 0.481 e. The Balaban J connectivity index is 5.36. The first-order valence-electron chi connectivity index (χ1n) is 8.45. The maximum absolute atomic E-state index is 12.7. The Bertz CT molecular complexity index is 496. The van der Waals surface area contributed by atoms with Gasteiger partial charge < -0.3 is 20.5 Å². The number of rotatable bonds is 9. The molecule has 0 rings (SSSR count). The fraction of sp³-hybridized carbons (Fsp3) is 0.824. The van der Waals surface area contributed by atoms with E-state index in [9.17, 15) is 14.4 Å². The number of aliphatic carboxylic acids is 1. The van der Waals surface area contributed by atoms with Crippen molar-refractivity contribution in [3.05, 3.63) is 0 Å². The van der Waals surface area contributed by atoms with Gasteiger partial charge in [0.25, 0.3) is 0 Å². The number of nitrogens with one attached hydrogen (secondary N) is 2. The number of carbonyl (C=O) groups is 3. The molecule has 3 N–H and O–H groups in total. The van der Waals surface area contributed by atoms with Crippen molar-refractivity contribution >= 4 is 25.9 Å². The van der Waals surface area contributed by atoms with E-state index in [0.717, 1.165) is 0 Å². The van der Waals surface area contributed by atoms with Gasteiger partial charge in [-0.2, -0.15) is 0 Å². The molecular weight excluding hydrogens is 340 g/mol. The summed E-state index contributed by atoms with van der Waals surface area (Å²) in [6.07, 6.45) is -0.355. The summed E-state index contributed by atoms with van der Waals surface area (Å²) in [7, 11) is -0.425. The molecule has 7 nitrogen and oxygen atoms in total. The van der Waals surface area contributed by atoms with Crippen LogP contribution < -0.4 is 10.6 Å². The molecule has 0 aromatic rings. The van der Waals surface area contributed by atoms with Crippen LogP contribution in [0.5, 0.6) is 0 Å². The highest BCUT2D eigenvalue weighted by Crippen LogP contribution is 2.23. The number of amides is 1. The van der Waals surface area contributed by atoms with Crippen molar-refractivity contribution in [2.75, 3.05) is 13.7 Å². The van der Waals surface area contributed by atoms with Crippen LogP contribution >= 0.6 is 0 Å². The van der Waals surface area contributed by atoms with Gasteiger partial charge >= 0.3 is 11.9 Å². The highest BCUT2D eigenvalue weighted by atomic mass is 28.3. The topological polar surface area (TPSA) is 105 Å². The summed E-state index contributed by atoms with van der Waals surface area (Å²) in [5, 5.41) is 14.8. The average molecular weight is 375 g/mol. The minimum Gasteiger partial charge on any atom is -0.481 e. The molecule has 25 heavy (non-hydrogen) atoms. The van der Waals surface area contributed by atoms with Gasteiger partial charge in [-0.15, -0.1) is 0 Å². The molecule has 8 heteroatoms. The van der Waals surface area contributed by atoms with E-state index in [4.69, 9.17) is 9.84 Å². The molecule has 0 unspecified atom stereocenters. The van der Waals surface area contributed by atoms with E-state index in [-0.39, 0.29) is 11.8 Å². The van der Waals surface area contributed by atoms with Crippen molar-refractivity contribution in [3.63, 3.8) is 0 Å². The van der Waals surface area contributed by atoms with Gasteiger partial charge in [-0.05, 0) is 18.4 Å². The molecule has 0 radical (unpaired) electrons. The van der Waals surface area contributed by atoms with Gasteiger partial charge in [0.15, 0.2) is 0 Å². The summed E-state index contributed by atoms with van der Waals surface area (Å²) in [5.74, 6) is -2.10. The molecule has 0 fully saturated rings. The van der Waals surface area contributed by atoms with E-state index in [1.54, 1.807) is 6.92 Å². The molecule has 1 amide bonds. The third kappa shape index (κ3) is 9.59. The van der Waals surface area contributed by atoms with Crippen LogP contribution in [0.3, 0.4) is 0 Å². The number of esters is 1. The summed E-state index contributed by atoms with van der Waals surface area (Å²) in [6.45, 7) is 14.3. The summed E-state index contributed by atoms with van der Waals surface area (Å²) >= 11 is 0. The quantitative estimate of drug-likeness (QED) is 0.420. The molecule has 0 aromatic carbocycles. The second kappa shape index (κ2) is 8.80. The van der Waals surface area contributed by atoms with E-state index in [2.05, 4.69) is 30.3 Å². The van der Waals surface area contributed by atoms with Crippen molar-refractivity contribution < 1.29 is 24.2 Å². The SMILES string of the molecule is COC(=O)[C@](C)(C[Si](C)(C)C)NC(=O)[C@H](CC(=O)O)NCC(C)(C)C. The highest BCUT2D eigenvalue weighted by molar-refractivity contribution is 6.76. The van der Waals surface area contributed by atoms with Crippen molar-refractivity contribution in [1.82, 2.24) is 10.6 Å². The molecule has 0 saturated heterocycles. The molecule has 0 aliphatic heterocycles. The van der Waals surface area contributed by atoms with Crippen LogP contribution in [0.25, 0.3) is 0 Å². The summed E-state index contributed by atoms with van der Waals surface area (Å²) in [4.78, 5) is 36.1. The minimum atomic E-state index is -1.71. The standard InChI is InChI=1S/C17H34N2O5Si/c1-16(2,3)10-18-12(9-13(20)21)14(22)19-17(4,15(23)24-5)11-25(6,7)8/h12,18H,9-11H2,1-8H3,(H,19,22)(H,20,21)/t12-,17-/m0/s1. The Kier molecular flexibility index (Phi) is 8.30. The summed E-state index contributed by atoms with van der Waals surface area (Å²) in [5.41, 5.74) is -1.28. The first kappa shape index (κ1) is 23.6. The van der Waals surface area contributed by atoms with Gasteiger partial charge in [-0.25, -0.2) is 4.79 Å². The second-order valence-electron chi connectivity index (χ2n) is 9.14. The number of hydrogen-bond acceptors (Lipinski definition) is 5. The van der Waals surface area contributed by atoms with Crippen LogP contribution in [-0.2, 0) is 19.1 Å². The van der Waals surface area contributed by atoms with Crippen molar-refractivity contribution in [2.45, 2.75) is 71.4 Å². The van der Waals surface area contributed by atoms with Crippen LogP contribution in [0.1, 0.15) is 34.1 Å².